The summed E-state index contributed by atoms with van der Waals surface area (Å²) in [5, 5.41) is 3.09. The molecule has 31 heavy (non-hydrogen) atoms. The smallest absolute Gasteiger partial charge is 0.264 e. The van der Waals surface area contributed by atoms with Crippen LogP contribution in [0.1, 0.15) is 13.8 Å². The number of nitrogens with one attached hydrogen (secondary N) is 1. The van der Waals surface area contributed by atoms with Gasteiger partial charge in [0, 0.05) is 10.7 Å². The third kappa shape index (κ3) is 5.99. The lowest BCUT2D eigenvalue weighted by molar-refractivity contribution is -0.114. The van der Waals surface area contributed by atoms with E-state index in [1.54, 1.807) is 60.7 Å². The number of carbonyl (C=O) groups is 1. The third-order valence-corrected chi connectivity index (χ3v) is 6.25. The van der Waals surface area contributed by atoms with E-state index in [9.17, 15) is 13.2 Å². The Bertz CT molecular complexity index is 1130. The zero-order chi connectivity index (χ0) is 22.4. The van der Waals surface area contributed by atoms with E-state index in [1.807, 2.05) is 13.8 Å². The van der Waals surface area contributed by atoms with Crippen LogP contribution < -0.4 is 14.4 Å². The summed E-state index contributed by atoms with van der Waals surface area (Å²) in [6, 6.07) is 21.2. The molecule has 0 atom stereocenters. The number of carbonyl (C=O) groups excluding carboxylic acids is 1. The monoisotopic (exact) mass is 458 g/mol. The Morgan fingerprint density at radius 1 is 1.00 bits per heavy atom. The number of sulfonamides is 1. The van der Waals surface area contributed by atoms with E-state index in [1.165, 1.54) is 18.2 Å². The minimum absolute atomic E-state index is 0.0369. The van der Waals surface area contributed by atoms with Crippen molar-refractivity contribution in [2.75, 3.05) is 16.2 Å². The molecule has 0 unspecified atom stereocenters. The minimum atomic E-state index is -3.98. The van der Waals surface area contributed by atoms with Gasteiger partial charge in [-0.1, -0.05) is 35.9 Å². The molecule has 0 saturated heterocycles. The molecule has 0 aliphatic rings. The summed E-state index contributed by atoms with van der Waals surface area (Å²) in [7, 11) is -3.98. The third-order valence-electron chi connectivity index (χ3n) is 4.22. The van der Waals surface area contributed by atoms with Crippen molar-refractivity contribution in [1.29, 1.82) is 0 Å². The van der Waals surface area contributed by atoms with E-state index >= 15 is 0 Å². The molecule has 1 amide bonds. The van der Waals surface area contributed by atoms with Gasteiger partial charge in [0.25, 0.3) is 10.0 Å². The SMILES string of the molecule is CC(C)Oc1ccc(NC(=O)CN(c2cccc(Cl)c2)S(=O)(=O)c2ccccc2)cc1. The van der Waals surface area contributed by atoms with Crippen molar-refractivity contribution in [3.63, 3.8) is 0 Å². The number of hydrogen-bond donors (Lipinski definition) is 1. The maximum absolute atomic E-state index is 13.3. The first-order chi connectivity index (χ1) is 14.8. The summed E-state index contributed by atoms with van der Waals surface area (Å²) < 4.78 is 33.2. The second-order valence-electron chi connectivity index (χ2n) is 7.04. The molecular formula is C23H23ClN2O4S. The van der Waals surface area contributed by atoms with Crippen molar-refractivity contribution >= 4 is 38.9 Å². The molecule has 0 bridgehead atoms. The largest absolute Gasteiger partial charge is 0.491 e. The van der Waals surface area contributed by atoms with Crippen LogP contribution in [0, 0.1) is 0 Å². The second kappa shape index (κ2) is 9.85. The van der Waals surface area contributed by atoms with Gasteiger partial charge in [-0.3, -0.25) is 9.10 Å². The number of ether oxygens (including phenoxy) is 1. The molecule has 0 aliphatic carbocycles. The Morgan fingerprint density at radius 2 is 1.68 bits per heavy atom. The van der Waals surface area contributed by atoms with Gasteiger partial charge in [-0.15, -0.1) is 0 Å². The van der Waals surface area contributed by atoms with Crippen molar-refractivity contribution in [2.45, 2.75) is 24.8 Å². The van der Waals surface area contributed by atoms with Gasteiger partial charge < -0.3 is 10.1 Å². The highest BCUT2D eigenvalue weighted by Crippen LogP contribution is 2.26. The first-order valence-corrected chi connectivity index (χ1v) is 11.5. The van der Waals surface area contributed by atoms with E-state index in [0.29, 0.717) is 22.1 Å². The molecule has 0 fully saturated rings. The maximum atomic E-state index is 13.3. The first-order valence-electron chi connectivity index (χ1n) is 9.65. The Balaban J connectivity index is 1.84. The minimum Gasteiger partial charge on any atom is -0.491 e. The van der Waals surface area contributed by atoms with Gasteiger partial charge in [0.05, 0.1) is 16.7 Å². The number of amides is 1. The average molecular weight is 459 g/mol. The topological polar surface area (TPSA) is 75.7 Å². The molecule has 0 saturated carbocycles. The van der Waals surface area contributed by atoms with Crippen LogP contribution in [0.3, 0.4) is 0 Å². The number of nitrogens with zero attached hydrogens (tertiary/aromatic N) is 1. The summed E-state index contributed by atoms with van der Waals surface area (Å²) in [4.78, 5) is 12.8. The molecular weight excluding hydrogens is 436 g/mol. The molecule has 0 radical (unpaired) electrons. The standard InChI is InChI=1S/C23H23ClN2O4S/c1-17(2)30-21-13-11-19(12-14-21)25-23(27)16-26(20-8-6-7-18(24)15-20)31(28,29)22-9-4-3-5-10-22/h3-15,17H,16H2,1-2H3,(H,25,27). The molecule has 3 rings (SSSR count). The van der Waals surface area contributed by atoms with Crippen molar-refractivity contribution in [3.05, 3.63) is 83.9 Å². The van der Waals surface area contributed by atoms with Gasteiger partial charge in [0.1, 0.15) is 12.3 Å². The lowest BCUT2D eigenvalue weighted by atomic mass is 10.3. The predicted octanol–water partition coefficient (Wildman–Crippen LogP) is 4.96. The van der Waals surface area contributed by atoms with Crippen molar-refractivity contribution < 1.29 is 17.9 Å². The lowest BCUT2D eigenvalue weighted by Gasteiger charge is -2.24. The van der Waals surface area contributed by atoms with Gasteiger partial charge >= 0.3 is 0 Å². The second-order valence-corrected chi connectivity index (χ2v) is 9.34. The number of benzene rings is 3. The van der Waals surface area contributed by atoms with Crippen LogP contribution in [-0.4, -0.2) is 27.0 Å². The summed E-state index contributed by atoms with van der Waals surface area (Å²) in [6.07, 6.45) is 0.0369. The van der Waals surface area contributed by atoms with Crippen LogP contribution in [0.2, 0.25) is 5.02 Å². The Morgan fingerprint density at radius 3 is 2.29 bits per heavy atom. The van der Waals surface area contributed by atoms with E-state index in [4.69, 9.17) is 16.3 Å². The first kappa shape index (κ1) is 22.7. The molecule has 162 valence electrons. The van der Waals surface area contributed by atoms with Gasteiger partial charge in [0.15, 0.2) is 0 Å². The number of halogens is 1. The normalized spacial score (nSPS) is 11.2. The fraction of sp³-hybridized carbons (Fsp3) is 0.174. The molecule has 1 N–H and O–H groups in total. The number of rotatable bonds is 8. The Labute approximate surface area is 187 Å². The fourth-order valence-corrected chi connectivity index (χ4v) is 4.50. The van der Waals surface area contributed by atoms with Crippen LogP contribution in [0.4, 0.5) is 11.4 Å². The summed E-state index contributed by atoms with van der Waals surface area (Å²) in [6.45, 7) is 3.43. The van der Waals surface area contributed by atoms with Gasteiger partial charge in [-0.25, -0.2) is 8.42 Å². The molecule has 3 aromatic carbocycles. The van der Waals surface area contributed by atoms with Crippen LogP contribution in [-0.2, 0) is 14.8 Å². The highest BCUT2D eigenvalue weighted by atomic mass is 35.5. The summed E-state index contributed by atoms with van der Waals surface area (Å²) >= 11 is 6.07. The summed E-state index contributed by atoms with van der Waals surface area (Å²) in [5.41, 5.74) is 0.830. The van der Waals surface area contributed by atoms with Gasteiger partial charge in [0.2, 0.25) is 5.91 Å². The zero-order valence-corrected chi connectivity index (χ0v) is 18.7. The molecule has 0 aliphatic heterocycles. The molecule has 3 aromatic rings. The van der Waals surface area contributed by atoms with Crippen LogP contribution >= 0.6 is 11.6 Å². The highest BCUT2D eigenvalue weighted by Gasteiger charge is 2.27. The molecule has 0 heterocycles. The van der Waals surface area contributed by atoms with E-state index in [2.05, 4.69) is 5.32 Å². The maximum Gasteiger partial charge on any atom is 0.264 e. The number of hydrogen-bond acceptors (Lipinski definition) is 4. The summed E-state index contributed by atoms with van der Waals surface area (Å²) in [5.74, 6) is 0.192. The average Bonchev–Trinajstić information content (AvgIpc) is 2.73. The molecule has 6 nitrogen and oxygen atoms in total. The van der Waals surface area contributed by atoms with Gasteiger partial charge in [-0.2, -0.15) is 0 Å². The van der Waals surface area contributed by atoms with Crippen LogP contribution in [0.15, 0.2) is 83.8 Å². The van der Waals surface area contributed by atoms with Crippen LogP contribution in [0.25, 0.3) is 0 Å². The van der Waals surface area contributed by atoms with Crippen molar-refractivity contribution in [1.82, 2.24) is 0 Å². The van der Waals surface area contributed by atoms with E-state index < -0.39 is 22.5 Å². The predicted molar refractivity (Wildman–Crippen MR) is 123 cm³/mol. The van der Waals surface area contributed by atoms with E-state index in [-0.39, 0.29) is 11.0 Å². The molecule has 8 heteroatoms. The van der Waals surface area contributed by atoms with Gasteiger partial charge in [-0.05, 0) is 68.4 Å². The Hall–Kier alpha value is -3.03. The number of anilines is 2. The lowest BCUT2D eigenvalue weighted by Crippen LogP contribution is -2.38. The van der Waals surface area contributed by atoms with Crippen molar-refractivity contribution in [2.24, 2.45) is 0 Å². The van der Waals surface area contributed by atoms with Crippen LogP contribution in [0.5, 0.6) is 5.75 Å². The van der Waals surface area contributed by atoms with Crippen molar-refractivity contribution in [3.8, 4) is 5.75 Å². The van der Waals surface area contributed by atoms with E-state index in [0.717, 1.165) is 4.31 Å². The Kier molecular flexibility index (Phi) is 7.20. The highest BCUT2D eigenvalue weighted by molar-refractivity contribution is 7.92. The zero-order valence-electron chi connectivity index (χ0n) is 17.2. The quantitative estimate of drug-likeness (QED) is 0.517. The fourth-order valence-electron chi connectivity index (χ4n) is 2.89. The molecule has 0 spiro atoms. The molecule has 0 aromatic heterocycles.